The molecule has 0 N–H and O–H groups in total. The van der Waals surface area contributed by atoms with Crippen molar-refractivity contribution in [3.8, 4) is 22.3 Å². The Kier molecular flexibility index (Phi) is 4.16. The van der Waals surface area contributed by atoms with Crippen molar-refractivity contribution in [2.75, 3.05) is 0 Å². The molecule has 0 aliphatic heterocycles. The maximum Gasteiger partial charge on any atom is 0.143 e. The molecular formula is C34H20OS. The van der Waals surface area contributed by atoms with Gasteiger partial charge in [0.1, 0.15) is 5.58 Å². The van der Waals surface area contributed by atoms with Crippen molar-refractivity contribution in [2.45, 2.75) is 0 Å². The first kappa shape index (κ1) is 19.9. The molecule has 0 saturated carbocycles. The van der Waals surface area contributed by atoms with Gasteiger partial charge in [-0.1, -0.05) is 97.1 Å². The molecule has 0 atom stereocenters. The lowest BCUT2D eigenvalue weighted by molar-refractivity contribution is 0.617. The Balaban J connectivity index is 1.64. The molecule has 0 bridgehead atoms. The lowest BCUT2D eigenvalue weighted by atomic mass is 9.85. The molecule has 8 aromatic rings. The smallest absolute Gasteiger partial charge is 0.143 e. The Bertz CT molecular complexity index is 2040. The monoisotopic (exact) mass is 476 g/mol. The number of thiophene rings is 1. The molecule has 0 unspecified atom stereocenters. The molecule has 0 aliphatic carbocycles. The van der Waals surface area contributed by atoms with Gasteiger partial charge in [-0.05, 0) is 50.9 Å². The van der Waals surface area contributed by atoms with E-state index in [1.165, 1.54) is 64.0 Å². The van der Waals surface area contributed by atoms with E-state index in [0.29, 0.717) is 0 Å². The van der Waals surface area contributed by atoms with Crippen molar-refractivity contribution < 1.29 is 4.42 Å². The minimum absolute atomic E-state index is 0.955. The lowest BCUT2D eigenvalue weighted by Gasteiger charge is -2.18. The summed E-state index contributed by atoms with van der Waals surface area (Å²) in [5, 5.41) is 8.75. The van der Waals surface area contributed by atoms with E-state index in [2.05, 4.69) is 115 Å². The number of fused-ring (bicyclic) bond motifs is 6. The van der Waals surface area contributed by atoms with E-state index < -0.39 is 0 Å². The van der Waals surface area contributed by atoms with E-state index in [1.54, 1.807) is 0 Å². The highest BCUT2D eigenvalue weighted by atomic mass is 32.1. The molecule has 2 heteroatoms. The standard InChI is InChI=1S/C34H20OS/c1-2-10-21(11-3-1)30-24-13-4-6-15-26(24)31(27-16-7-5-14-25(27)30)32-33-22(18-19-35-33)20-28-23-12-8-9-17-29(23)36-34(28)32/h1-20H. The molecule has 2 aromatic heterocycles. The van der Waals surface area contributed by atoms with Crippen molar-refractivity contribution in [3.63, 3.8) is 0 Å². The van der Waals surface area contributed by atoms with Gasteiger partial charge in [0.05, 0.1) is 6.26 Å². The maximum absolute atomic E-state index is 6.23. The third kappa shape index (κ3) is 2.71. The number of hydrogen-bond donors (Lipinski definition) is 0. The van der Waals surface area contributed by atoms with E-state index in [4.69, 9.17) is 4.42 Å². The molecule has 0 saturated heterocycles. The molecule has 2 heterocycles. The van der Waals surface area contributed by atoms with E-state index in [1.807, 2.05) is 17.6 Å². The van der Waals surface area contributed by atoms with Crippen molar-refractivity contribution in [1.29, 1.82) is 0 Å². The third-order valence-electron chi connectivity index (χ3n) is 7.33. The van der Waals surface area contributed by atoms with Crippen LogP contribution < -0.4 is 0 Å². The summed E-state index contributed by atoms with van der Waals surface area (Å²) in [6.45, 7) is 0. The van der Waals surface area contributed by atoms with Crippen molar-refractivity contribution in [1.82, 2.24) is 0 Å². The summed E-state index contributed by atoms with van der Waals surface area (Å²) < 4.78 is 8.81. The minimum Gasteiger partial charge on any atom is -0.464 e. The summed E-state index contributed by atoms with van der Waals surface area (Å²) in [6, 6.07) is 41.5. The van der Waals surface area contributed by atoms with Crippen LogP contribution in [0.3, 0.4) is 0 Å². The fourth-order valence-electron chi connectivity index (χ4n) is 5.83. The molecule has 0 fully saturated rings. The lowest BCUT2D eigenvalue weighted by Crippen LogP contribution is -1.91. The van der Waals surface area contributed by atoms with Crippen molar-refractivity contribution in [3.05, 3.63) is 122 Å². The predicted octanol–water partition coefficient (Wildman–Crippen LogP) is 10.4. The number of rotatable bonds is 2. The Morgan fingerprint density at radius 1 is 0.472 bits per heavy atom. The van der Waals surface area contributed by atoms with Gasteiger partial charge in [-0.25, -0.2) is 0 Å². The Hall–Kier alpha value is -4.40. The van der Waals surface area contributed by atoms with Gasteiger partial charge in [0.15, 0.2) is 0 Å². The number of furan rings is 1. The highest BCUT2D eigenvalue weighted by Crippen LogP contribution is 2.50. The second kappa shape index (κ2) is 7.55. The predicted molar refractivity (Wildman–Crippen MR) is 155 cm³/mol. The van der Waals surface area contributed by atoms with Crippen LogP contribution in [-0.2, 0) is 0 Å². The summed E-state index contributed by atoms with van der Waals surface area (Å²) in [6.07, 6.45) is 1.82. The van der Waals surface area contributed by atoms with Crippen LogP contribution in [0, 0.1) is 0 Å². The van der Waals surface area contributed by atoms with Gasteiger partial charge in [0.2, 0.25) is 0 Å². The Morgan fingerprint density at radius 3 is 1.75 bits per heavy atom. The normalized spacial score (nSPS) is 11.9. The molecule has 8 rings (SSSR count). The number of benzene rings is 6. The second-order valence-electron chi connectivity index (χ2n) is 9.27. The number of hydrogen-bond acceptors (Lipinski definition) is 2. The van der Waals surface area contributed by atoms with Crippen LogP contribution in [0.4, 0.5) is 0 Å². The van der Waals surface area contributed by atoms with E-state index >= 15 is 0 Å². The van der Waals surface area contributed by atoms with Crippen molar-refractivity contribution >= 4 is 64.0 Å². The summed E-state index contributed by atoms with van der Waals surface area (Å²) in [4.78, 5) is 0. The molecule has 0 spiro atoms. The van der Waals surface area contributed by atoms with Gasteiger partial charge < -0.3 is 4.42 Å². The zero-order chi connectivity index (χ0) is 23.6. The van der Waals surface area contributed by atoms with Crippen LogP contribution in [0.5, 0.6) is 0 Å². The van der Waals surface area contributed by atoms with Crippen LogP contribution in [-0.4, -0.2) is 0 Å². The fourth-order valence-corrected chi connectivity index (χ4v) is 7.06. The molecule has 6 aromatic carbocycles. The van der Waals surface area contributed by atoms with Gasteiger partial charge in [0, 0.05) is 36.7 Å². The minimum atomic E-state index is 0.955. The first-order valence-electron chi connectivity index (χ1n) is 12.2. The fraction of sp³-hybridized carbons (Fsp3) is 0. The zero-order valence-electron chi connectivity index (χ0n) is 19.4. The summed E-state index contributed by atoms with van der Waals surface area (Å²) in [5.74, 6) is 0. The Morgan fingerprint density at radius 2 is 1.06 bits per heavy atom. The topological polar surface area (TPSA) is 13.1 Å². The van der Waals surface area contributed by atoms with Crippen LogP contribution >= 0.6 is 11.3 Å². The summed E-state index contributed by atoms with van der Waals surface area (Å²) >= 11 is 1.86. The zero-order valence-corrected chi connectivity index (χ0v) is 20.2. The molecule has 0 aliphatic rings. The SMILES string of the molecule is c1ccc(-c2c3ccccc3c(-c3c4occc4cc4c3sc3ccccc34)c3ccccc23)cc1. The quantitative estimate of drug-likeness (QED) is 0.226. The Labute approximate surface area is 211 Å². The van der Waals surface area contributed by atoms with Gasteiger partial charge in [-0.3, -0.25) is 0 Å². The summed E-state index contributed by atoms with van der Waals surface area (Å²) in [7, 11) is 0. The van der Waals surface area contributed by atoms with E-state index in [-0.39, 0.29) is 0 Å². The first-order chi connectivity index (χ1) is 17.9. The molecule has 36 heavy (non-hydrogen) atoms. The van der Waals surface area contributed by atoms with Gasteiger partial charge in [0.25, 0.3) is 0 Å². The van der Waals surface area contributed by atoms with Gasteiger partial charge >= 0.3 is 0 Å². The highest BCUT2D eigenvalue weighted by molar-refractivity contribution is 7.26. The van der Waals surface area contributed by atoms with Crippen LogP contribution in [0.2, 0.25) is 0 Å². The average Bonchev–Trinajstić information content (AvgIpc) is 3.56. The highest BCUT2D eigenvalue weighted by Gasteiger charge is 2.22. The average molecular weight is 477 g/mol. The van der Waals surface area contributed by atoms with Crippen LogP contribution in [0.25, 0.3) is 74.9 Å². The molecule has 168 valence electrons. The van der Waals surface area contributed by atoms with Crippen LogP contribution in [0.15, 0.2) is 126 Å². The van der Waals surface area contributed by atoms with Crippen LogP contribution in [0.1, 0.15) is 0 Å². The molecule has 0 radical (unpaired) electrons. The first-order valence-corrected chi connectivity index (χ1v) is 13.0. The van der Waals surface area contributed by atoms with Gasteiger partial charge in [-0.2, -0.15) is 0 Å². The van der Waals surface area contributed by atoms with E-state index in [9.17, 15) is 0 Å². The maximum atomic E-state index is 6.23. The largest absolute Gasteiger partial charge is 0.464 e. The van der Waals surface area contributed by atoms with Gasteiger partial charge in [-0.15, -0.1) is 11.3 Å². The summed E-state index contributed by atoms with van der Waals surface area (Å²) in [5.41, 5.74) is 5.92. The third-order valence-corrected chi connectivity index (χ3v) is 8.53. The van der Waals surface area contributed by atoms with E-state index in [0.717, 1.165) is 11.0 Å². The molecule has 1 nitrogen and oxygen atoms in total. The van der Waals surface area contributed by atoms with Crippen molar-refractivity contribution in [2.24, 2.45) is 0 Å². The second-order valence-corrected chi connectivity index (χ2v) is 10.3. The molecular weight excluding hydrogens is 456 g/mol. The molecule has 0 amide bonds.